The van der Waals surface area contributed by atoms with Crippen molar-refractivity contribution in [2.75, 3.05) is 0 Å². The molecule has 0 aliphatic heterocycles. The maximum Gasteiger partial charge on any atom is 0.336 e. The summed E-state index contributed by atoms with van der Waals surface area (Å²) in [6.07, 6.45) is 1.61. The average molecular weight is 486 g/mol. The zero-order valence-electron chi connectivity index (χ0n) is 18.8. The molecule has 0 radical (unpaired) electrons. The summed E-state index contributed by atoms with van der Waals surface area (Å²) in [6.45, 7) is 3.60. The van der Waals surface area contributed by atoms with E-state index in [2.05, 4.69) is 15.0 Å². The lowest BCUT2D eigenvalue weighted by Crippen LogP contribution is -2.02. The van der Waals surface area contributed by atoms with Crippen LogP contribution in [0.3, 0.4) is 0 Å². The summed E-state index contributed by atoms with van der Waals surface area (Å²) in [7, 11) is 0. The van der Waals surface area contributed by atoms with E-state index < -0.39 is 5.97 Å². The largest absolute Gasteiger partial charge is 0.493 e. The molecule has 0 fully saturated rings. The van der Waals surface area contributed by atoms with Gasteiger partial charge in [0.05, 0.1) is 21.6 Å². The minimum atomic E-state index is -1.01. The zero-order valence-corrected chi connectivity index (χ0v) is 19.6. The smallest absolute Gasteiger partial charge is 0.336 e. The second-order valence-corrected chi connectivity index (χ2v) is 8.60. The molecular formula is C27H20ClN3O4. The Kier molecular flexibility index (Phi) is 5.62. The van der Waals surface area contributed by atoms with Crippen LogP contribution in [-0.4, -0.2) is 31.1 Å². The van der Waals surface area contributed by atoms with Gasteiger partial charge in [0.25, 0.3) is 6.01 Å². The SMILES string of the molecule is Cc1cc(Oc2nc3cc(-c4ccc(-c5ccc(O)nc5)cc4)c(Cl)cc3[nH]2)cc(C(=O)O)c1C. The van der Waals surface area contributed by atoms with Crippen LogP contribution in [0, 0.1) is 13.8 Å². The van der Waals surface area contributed by atoms with Crippen molar-refractivity contribution in [2.24, 2.45) is 0 Å². The fraction of sp³-hybridized carbons (Fsp3) is 0.0741. The molecule has 0 saturated heterocycles. The third kappa shape index (κ3) is 4.41. The van der Waals surface area contributed by atoms with Crippen LogP contribution in [0.2, 0.25) is 5.02 Å². The molecule has 0 atom stereocenters. The van der Waals surface area contributed by atoms with Crippen LogP contribution >= 0.6 is 11.6 Å². The number of nitrogens with zero attached hydrogens (tertiary/aromatic N) is 2. The third-order valence-electron chi connectivity index (χ3n) is 5.91. The Bertz CT molecular complexity index is 1580. The molecular weight excluding hydrogens is 466 g/mol. The molecule has 0 saturated carbocycles. The van der Waals surface area contributed by atoms with Crippen molar-refractivity contribution in [1.29, 1.82) is 0 Å². The molecule has 7 nitrogen and oxygen atoms in total. The van der Waals surface area contributed by atoms with E-state index in [-0.39, 0.29) is 17.5 Å². The van der Waals surface area contributed by atoms with E-state index in [0.29, 0.717) is 27.4 Å². The van der Waals surface area contributed by atoms with Crippen LogP contribution < -0.4 is 4.74 Å². The molecule has 0 bridgehead atoms. The third-order valence-corrected chi connectivity index (χ3v) is 6.22. The quantitative estimate of drug-likeness (QED) is 0.254. The van der Waals surface area contributed by atoms with Gasteiger partial charge in [-0.25, -0.2) is 9.78 Å². The van der Waals surface area contributed by atoms with Gasteiger partial charge in [-0.3, -0.25) is 0 Å². The van der Waals surface area contributed by atoms with Crippen LogP contribution in [0.15, 0.2) is 66.9 Å². The molecule has 5 rings (SSSR count). The van der Waals surface area contributed by atoms with Gasteiger partial charge < -0.3 is 19.9 Å². The number of imidazole rings is 1. The van der Waals surface area contributed by atoms with E-state index in [9.17, 15) is 15.0 Å². The molecule has 8 heteroatoms. The zero-order chi connectivity index (χ0) is 24.7. The molecule has 35 heavy (non-hydrogen) atoms. The van der Waals surface area contributed by atoms with Crippen molar-refractivity contribution in [3.63, 3.8) is 0 Å². The van der Waals surface area contributed by atoms with Crippen LogP contribution in [-0.2, 0) is 0 Å². The molecule has 0 spiro atoms. The predicted octanol–water partition coefficient (Wildman–Crippen LogP) is 6.76. The van der Waals surface area contributed by atoms with Crippen LogP contribution in [0.1, 0.15) is 21.5 Å². The number of H-pyrrole nitrogens is 1. The van der Waals surface area contributed by atoms with Gasteiger partial charge in [-0.05, 0) is 66.4 Å². The maximum absolute atomic E-state index is 11.5. The summed E-state index contributed by atoms with van der Waals surface area (Å²) in [5.41, 5.74) is 6.63. The normalized spacial score (nSPS) is 11.1. The van der Waals surface area contributed by atoms with Gasteiger partial charge in [-0.1, -0.05) is 35.9 Å². The second-order valence-electron chi connectivity index (χ2n) is 8.19. The Morgan fingerprint density at radius 1 is 0.971 bits per heavy atom. The first-order valence-corrected chi connectivity index (χ1v) is 11.1. The highest BCUT2D eigenvalue weighted by Crippen LogP contribution is 2.34. The number of carbonyl (C=O) groups is 1. The van der Waals surface area contributed by atoms with Crippen molar-refractivity contribution < 1.29 is 19.7 Å². The van der Waals surface area contributed by atoms with E-state index in [1.165, 1.54) is 6.07 Å². The first-order chi connectivity index (χ1) is 16.8. The van der Waals surface area contributed by atoms with E-state index in [1.807, 2.05) is 37.3 Å². The number of hydrogen-bond acceptors (Lipinski definition) is 5. The minimum absolute atomic E-state index is 0.0207. The number of aromatic carboxylic acids is 1. The molecule has 3 aromatic carbocycles. The number of fused-ring (bicyclic) bond motifs is 1. The molecule has 0 amide bonds. The van der Waals surface area contributed by atoms with Crippen molar-refractivity contribution in [1.82, 2.24) is 15.0 Å². The van der Waals surface area contributed by atoms with E-state index in [4.69, 9.17) is 16.3 Å². The highest BCUT2D eigenvalue weighted by molar-refractivity contribution is 6.34. The number of rotatable bonds is 5. The monoisotopic (exact) mass is 485 g/mol. The van der Waals surface area contributed by atoms with E-state index in [1.54, 1.807) is 37.4 Å². The summed E-state index contributed by atoms with van der Waals surface area (Å²) in [5.74, 6) is -0.646. The number of aromatic nitrogens is 3. The number of benzene rings is 3. The summed E-state index contributed by atoms with van der Waals surface area (Å²) in [5, 5.41) is 19.4. The van der Waals surface area contributed by atoms with Gasteiger partial charge in [0.2, 0.25) is 5.88 Å². The molecule has 0 aliphatic rings. The number of aromatic hydroxyl groups is 1. The Hall–Kier alpha value is -4.36. The number of ether oxygens (including phenoxy) is 1. The summed E-state index contributed by atoms with van der Waals surface area (Å²) in [4.78, 5) is 23.1. The molecule has 0 aliphatic carbocycles. The summed E-state index contributed by atoms with van der Waals surface area (Å²) >= 11 is 6.58. The van der Waals surface area contributed by atoms with Gasteiger partial charge in [0.15, 0.2) is 0 Å². The highest BCUT2D eigenvalue weighted by atomic mass is 35.5. The standard InChI is InChI=1S/C27H20ClN3O4/c1-14-9-19(10-20(15(14)2)26(33)34)35-27-30-23-11-21(22(28)12-24(23)31-27)17-5-3-16(4-6-17)18-7-8-25(32)29-13-18/h3-13H,1-2H3,(H,29,32)(H,30,31)(H,33,34). The molecule has 2 heterocycles. The Morgan fingerprint density at radius 2 is 1.69 bits per heavy atom. The first-order valence-electron chi connectivity index (χ1n) is 10.8. The molecule has 0 unspecified atom stereocenters. The van der Waals surface area contributed by atoms with Crippen molar-refractivity contribution in [3.8, 4) is 39.9 Å². The van der Waals surface area contributed by atoms with Crippen LogP contribution in [0.25, 0.3) is 33.3 Å². The lowest BCUT2D eigenvalue weighted by atomic mass is 10.0. The lowest BCUT2D eigenvalue weighted by Gasteiger charge is -2.08. The van der Waals surface area contributed by atoms with Crippen LogP contribution in [0.4, 0.5) is 0 Å². The van der Waals surface area contributed by atoms with Crippen molar-refractivity contribution in [3.05, 3.63) is 88.6 Å². The predicted molar refractivity (Wildman–Crippen MR) is 134 cm³/mol. The number of carboxylic acids is 1. The molecule has 174 valence electrons. The average Bonchev–Trinajstić information content (AvgIpc) is 3.22. The maximum atomic E-state index is 11.5. The van der Waals surface area contributed by atoms with Gasteiger partial charge >= 0.3 is 5.97 Å². The number of aromatic amines is 1. The van der Waals surface area contributed by atoms with E-state index in [0.717, 1.165) is 27.8 Å². The van der Waals surface area contributed by atoms with Crippen molar-refractivity contribution in [2.45, 2.75) is 13.8 Å². The summed E-state index contributed by atoms with van der Waals surface area (Å²) in [6, 6.07) is 18.4. The Labute approximate surface area is 205 Å². The molecule has 2 aromatic heterocycles. The fourth-order valence-electron chi connectivity index (χ4n) is 3.89. The number of hydrogen-bond donors (Lipinski definition) is 3. The summed E-state index contributed by atoms with van der Waals surface area (Å²) < 4.78 is 5.85. The highest BCUT2D eigenvalue weighted by Gasteiger charge is 2.15. The minimum Gasteiger partial charge on any atom is -0.493 e. The molecule has 5 aromatic rings. The van der Waals surface area contributed by atoms with Gasteiger partial charge in [-0.15, -0.1) is 0 Å². The number of carboxylic acid groups (broad SMARTS) is 1. The number of nitrogens with one attached hydrogen (secondary N) is 1. The second kappa shape index (κ2) is 8.77. The number of halogens is 1. The molecule has 3 N–H and O–H groups in total. The number of aryl methyl sites for hydroxylation is 1. The Morgan fingerprint density at radius 3 is 2.37 bits per heavy atom. The Balaban J connectivity index is 1.45. The van der Waals surface area contributed by atoms with Gasteiger partial charge in [0, 0.05) is 23.4 Å². The first kappa shape index (κ1) is 22.4. The number of pyridine rings is 1. The van der Waals surface area contributed by atoms with Gasteiger partial charge in [0.1, 0.15) is 5.75 Å². The topological polar surface area (TPSA) is 108 Å². The van der Waals surface area contributed by atoms with Crippen LogP contribution in [0.5, 0.6) is 17.6 Å². The fourth-order valence-corrected chi connectivity index (χ4v) is 4.17. The van der Waals surface area contributed by atoms with Gasteiger partial charge in [-0.2, -0.15) is 4.98 Å². The van der Waals surface area contributed by atoms with E-state index >= 15 is 0 Å². The van der Waals surface area contributed by atoms with Crippen molar-refractivity contribution >= 4 is 28.6 Å². The lowest BCUT2D eigenvalue weighted by molar-refractivity contribution is 0.0695.